The van der Waals surface area contributed by atoms with Gasteiger partial charge in [0, 0.05) is 60.2 Å². The van der Waals surface area contributed by atoms with Crippen LogP contribution in [0.4, 0.5) is 26.2 Å². The van der Waals surface area contributed by atoms with Crippen LogP contribution >= 0.6 is 0 Å². The van der Waals surface area contributed by atoms with Crippen LogP contribution in [-0.4, -0.2) is 47.5 Å². The summed E-state index contributed by atoms with van der Waals surface area (Å²) in [6.45, 7) is 2.95. The van der Waals surface area contributed by atoms with Gasteiger partial charge in [0.1, 0.15) is 5.75 Å². The minimum atomic E-state index is -0.612. The standard InChI is InChI=1S/C25H23FN6O3/c26-22-13-19(4-5-24(22)35-21-6-7-27-23(14-21)17-15-28-29-16-17)31-25(33)30-18-2-1-3-20(12-18)32-8-10-34-11-9-32/h1-7,12-16H,8-11H2,(H,28,29)(H2,30,31,33). The van der Waals surface area contributed by atoms with Crippen molar-refractivity contribution in [3.63, 3.8) is 0 Å². The van der Waals surface area contributed by atoms with Gasteiger partial charge in [-0.15, -0.1) is 0 Å². The number of benzene rings is 2. The number of halogens is 1. The summed E-state index contributed by atoms with van der Waals surface area (Å²) in [5.41, 5.74) is 3.37. The third-order valence-electron chi connectivity index (χ3n) is 5.42. The Morgan fingerprint density at radius 2 is 1.89 bits per heavy atom. The molecular formula is C25H23FN6O3. The number of anilines is 3. The molecule has 10 heteroatoms. The summed E-state index contributed by atoms with van der Waals surface area (Å²) in [5.74, 6) is -0.161. The number of carbonyl (C=O) groups excluding carboxylic acids is 1. The lowest BCUT2D eigenvalue weighted by molar-refractivity contribution is 0.122. The van der Waals surface area contributed by atoms with Crippen LogP contribution in [0.1, 0.15) is 0 Å². The molecule has 4 aromatic rings. The highest BCUT2D eigenvalue weighted by atomic mass is 19.1. The summed E-state index contributed by atoms with van der Waals surface area (Å²) in [7, 11) is 0. The molecule has 2 aromatic carbocycles. The first-order valence-electron chi connectivity index (χ1n) is 11.1. The van der Waals surface area contributed by atoms with Crippen LogP contribution in [0.5, 0.6) is 11.5 Å². The highest BCUT2D eigenvalue weighted by Gasteiger charge is 2.13. The second-order valence-corrected chi connectivity index (χ2v) is 7.84. The monoisotopic (exact) mass is 474 g/mol. The molecule has 0 spiro atoms. The van der Waals surface area contributed by atoms with Crippen LogP contribution < -0.4 is 20.3 Å². The number of aromatic nitrogens is 3. The van der Waals surface area contributed by atoms with E-state index in [1.54, 1.807) is 42.9 Å². The number of hydrogen-bond acceptors (Lipinski definition) is 6. The maximum atomic E-state index is 14.7. The average Bonchev–Trinajstić information content (AvgIpc) is 3.42. The number of carbonyl (C=O) groups is 1. The van der Waals surface area contributed by atoms with Crippen LogP contribution in [0.3, 0.4) is 0 Å². The topological polar surface area (TPSA) is 104 Å². The van der Waals surface area contributed by atoms with Crippen molar-refractivity contribution in [2.45, 2.75) is 0 Å². The van der Waals surface area contributed by atoms with Gasteiger partial charge in [-0.05, 0) is 36.4 Å². The normalized spacial score (nSPS) is 13.3. The van der Waals surface area contributed by atoms with Gasteiger partial charge in [0.2, 0.25) is 0 Å². The van der Waals surface area contributed by atoms with Crippen molar-refractivity contribution < 1.29 is 18.7 Å². The van der Waals surface area contributed by atoms with Crippen LogP contribution in [0, 0.1) is 5.82 Å². The smallest absolute Gasteiger partial charge is 0.323 e. The second kappa shape index (κ2) is 10.2. The maximum absolute atomic E-state index is 14.7. The van der Waals surface area contributed by atoms with Crippen LogP contribution in [0.2, 0.25) is 0 Å². The molecule has 2 amide bonds. The van der Waals surface area contributed by atoms with E-state index < -0.39 is 11.8 Å². The van der Waals surface area contributed by atoms with Gasteiger partial charge in [0.25, 0.3) is 0 Å². The molecule has 0 atom stereocenters. The van der Waals surface area contributed by atoms with E-state index in [9.17, 15) is 9.18 Å². The fourth-order valence-corrected chi connectivity index (χ4v) is 3.71. The van der Waals surface area contributed by atoms with E-state index in [1.807, 2.05) is 18.2 Å². The lowest BCUT2D eigenvalue weighted by Gasteiger charge is -2.29. The van der Waals surface area contributed by atoms with Crippen LogP contribution in [-0.2, 0) is 4.74 Å². The zero-order valence-corrected chi connectivity index (χ0v) is 18.7. The van der Waals surface area contributed by atoms with Gasteiger partial charge in [-0.3, -0.25) is 10.1 Å². The Morgan fingerprint density at radius 3 is 2.66 bits per heavy atom. The number of hydrogen-bond donors (Lipinski definition) is 3. The molecule has 35 heavy (non-hydrogen) atoms. The minimum absolute atomic E-state index is 0.0264. The zero-order valence-electron chi connectivity index (χ0n) is 18.7. The summed E-state index contributed by atoms with van der Waals surface area (Å²) in [4.78, 5) is 18.9. The molecule has 178 valence electrons. The van der Waals surface area contributed by atoms with Gasteiger partial charge < -0.3 is 25.0 Å². The van der Waals surface area contributed by atoms with E-state index in [1.165, 1.54) is 12.1 Å². The Bertz CT molecular complexity index is 1310. The molecule has 5 rings (SSSR count). The minimum Gasteiger partial charge on any atom is -0.454 e. The zero-order chi connectivity index (χ0) is 24.0. The number of morpholine rings is 1. The van der Waals surface area contributed by atoms with Gasteiger partial charge in [-0.25, -0.2) is 9.18 Å². The van der Waals surface area contributed by atoms with Gasteiger partial charge in [0.05, 0.1) is 25.1 Å². The number of amides is 2. The number of aromatic amines is 1. The van der Waals surface area contributed by atoms with Gasteiger partial charge >= 0.3 is 6.03 Å². The molecular weight excluding hydrogens is 451 g/mol. The van der Waals surface area contributed by atoms with E-state index in [-0.39, 0.29) is 5.75 Å². The van der Waals surface area contributed by atoms with Crippen molar-refractivity contribution in [1.82, 2.24) is 15.2 Å². The maximum Gasteiger partial charge on any atom is 0.323 e. The van der Waals surface area contributed by atoms with Crippen molar-refractivity contribution in [2.75, 3.05) is 41.8 Å². The quantitative estimate of drug-likeness (QED) is 0.368. The summed E-state index contributed by atoms with van der Waals surface area (Å²) in [5, 5.41) is 12.1. The van der Waals surface area contributed by atoms with E-state index in [4.69, 9.17) is 9.47 Å². The Labute approximate surface area is 200 Å². The van der Waals surface area contributed by atoms with Gasteiger partial charge in [0.15, 0.2) is 11.6 Å². The third kappa shape index (κ3) is 5.56. The fourth-order valence-electron chi connectivity index (χ4n) is 3.71. The Hall–Kier alpha value is -4.44. The van der Waals surface area contributed by atoms with E-state index in [2.05, 4.69) is 30.7 Å². The van der Waals surface area contributed by atoms with Crippen molar-refractivity contribution in [3.05, 3.63) is 79.0 Å². The Balaban J connectivity index is 1.21. The molecule has 0 aliphatic carbocycles. The van der Waals surface area contributed by atoms with Crippen molar-refractivity contribution in [2.24, 2.45) is 0 Å². The highest BCUT2D eigenvalue weighted by Crippen LogP contribution is 2.29. The number of pyridine rings is 1. The first-order chi connectivity index (χ1) is 17.1. The molecule has 9 nitrogen and oxygen atoms in total. The summed E-state index contributed by atoms with van der Waals surface area (Å²) in [6, 6.07) is 14.6. The highest BCUT2D eigenvalue weighted by molar-refractivity contribution is 6.00. The van der Waals surface area contributed by atoms with Crippen molar-refractivity contribution in [3.8, 4) is 22.8 Å². The predicted octanol–water partition coefficient (Wildman–Crippen LogP) is 4.88. The molecule has 0 radical (unpaired) electrons. The number of rotatable bonds is 6. The molecule has 0 bridgehead atoms. The average molecular weight is 474 g/mol. The molecule has 1 saturated heterocycles. The summed E-state index contributed by atoms with van der Waals surface area (Å²) >= 11 is 0. The van der Waals surface area contributed by atoms with Crippen LogP contribution in [0.15, 0.2) is 73.2 Å². The number of nitrogens with one attached hydrogen (secondary N) is 3. The largest absolute Gasteiger partial charge is 0.454 e. The lowest BCUT2D eigenvalue weighted by atomic mass is 10.2. The van der Waals surface area contributed by atoms with Crippen LogP contribution in [0.25, 0.3) is 11.3 Å². The second-order valence-electron chi connectivity index (χ2n) is 7.84. The molecule has 0 unspecified atom stereocenters. The number of ether oxygens (including phenoxy) is 2. The van der Waals surface area contributed by atoms with E-state index in [0.29, 0.717) is 36.0 Å². The van der Waals surface area contributed by atoms with Crippen molar-refractivity contribution >= 4 is 23.1 Å². The van der Waals surface area contributed by atoms with Gasteiger partial charge in [-0.1, -0.05) is 6.07 Å². The first kappa shape index (κ1) is 22.4. The first-order valence-corrected chi connectivity index (χ1v) is 11.1. The van der Waals surface area contributed by atoms with E-state index in [0.717, 1.165) is 24.3 Å². The third-order valence-corrected chi connectivity index (χ3v) is 5.42. The Kier molecular flexibility index (Phi) is 6.53. The fraction of sp³-hybridized carbons (Fsp3) is 0.160. The SMILES string of the molecule is O=C(Nc1cccc(N2CCOCC2)c1)Nc1ccc(Oc2ccnc(-c3cn[nH]c3)c2)c(F)c1. The molecule has 1 aliphatic heterocycles. The van der Waals surface area contributed by atoms with Gasteiger partial charge in [-0.2, -0.15) is 5.10 Å². The van der Waals surface area contributed by atoms with E-state index >= 15 is 0 Å². The molecule has 1 aliphatic rings. The molecule has 3 heterocycles. The number of nitrogens with zero attached hydrogens (tertiary/aromatic N) is 3. The molecule has 0 saturated carbocycles. The number of urea groups is 1. The lowest BCUT2D eigenvalue weighted by Crippen LogP contribution is -2.36. The number of H-pyrrole nitrogens is 1. The molecule has 2 aromatic heterocycles. The summed E-state index contributed by atoms with van der Waals surface area (Å²) < 4.78 is 25.8. The molecule has 1 fully saturated rings. The summed E-state index contributed by atoms with van der Waals surface area (Å²) in [6.07, 6.45) is 4.91. The predicted molar refractivity (Wildman–Crippen MR) is 130 cm³/mol. The molecule has 3 N–H and O–H groups in total. The van der Waals surface area contributed by atoms with Crippen molar-refractivity contribution in [1.29, 1.82) is 0 Å². The Morgan fingerprint density at radius 1 is 1.06 bits per heavy atom.